The predicted molar refractivity (Wildman–Crippen MR) is 132 cm³/mol. The summed E-state index contributed by atoms with van der Waals surface area (Å²) in [6.07, 6.45) is 5.79. The van der Waals surface area contributed by atoms with E-state index >= 15 is 0 Å². The SMILES string of the molecule is COC(=O)C1=C(c2ccc(C(=O)OC)nc2C(=O)OC)CC2[C@@](C)(CC[C@H]3C(C)(C)CCC[C@]23C)O1. The molecule has 2 aliphatic carbocycles. The van der Waals surface area contributed by atoms with Crippen LogP contribution in [0.4, 0.5) is 0 Å². The first-order valence-corrected chi connectivity index (χ1v) is 12.6. The molecule has 0 radical (unpaired) electrons. The Hall–Kier alpha value is -2.90. The maximum absolute atomic E-state index is 13.0. The summed E-state index contributed by atoms with van der Waals surface area (Å²) in [6.45, 7) is 9.19. The smallest absolute Gasteiger partial charge is 0.373 e. The number of fused-ring (bicyclic) bond motifs is 3. The van der Waals surface area contributed by atoms with Crippen LogP contribution in [-0.2, 0) is 23.7 Å². The van der Waals surface area contributed by atoms with Gasteiger partial charge in [-0.05, 0) is 67.9 Å². The molecule has 1 aromatic rings. The molecule has 4 rings (SSSR count). The van der Waals surface area contributed by atoms with Crippen molar-refractivity contribution in [2.75, 3.05) is 21.3 Å². The third-order valence-corrected chi connectivity index (χ3v) is 9.12. The molecule has 4 atom stereocenters. The van der Waals surface area contributed by atoms with Crippen LogP contribution in [0.5, 0.6) is 0 Å². The maximum Gasteiger partial charge on any atom is 0.373 e. The van der Waals surface area contributed by atoms with E-state index in [1.54, 1.807) is 6.07 Å². The molecule has 3 aliphatic rings. The zero-order valence-corrected chi connectivity index (χ0v) is 22.4. The van der Waals surface area contributed by atoms with E-state index in [1.807, 2.05) is 0 Å². The summed E-state index contributed by atoms with van der Waals surface area (Å²) in [6, 6.07) is 3.10. The molecular weight excluding hydrogens is 462 g/mol. The molecule has 0 aromatic carbocycles. The van der Waals surface area contributed by atoms with Gasteiger partial charge in [-0.1, -0.05) is 27.2 Å². The summed E-state index contributed by atoms with van der Waals surface area (Å²) < 4.78 is 21.4. The van der Waals surface area contributed by atoms with Gasteiger partial charge < -0.3 is 18.9 Å². The molecule has 8 heteroatoms. The number of nitrogens with zero attached hydrogens (tertiary/aromatic N) is 1. The fourth-order valence-corrected chi connectivity index (χ4v) is 7.43. The molecule has 1 aliphatic heterocycles. The number of allylic oxidation sites excluding steroid dienone is 1. The van der Waals surface area contributed by atoms with Crippen molar-refractivity contribution in [1.29, 1.82) is 0 Å². The van der Waals surface area contributed by atoms with Crippen LogP contribution in [0.15, 0.2) is 17.9 Å². The van der Waals surface area contributed by atoms with E-state index < -0.39 is 23.5 Å². The lowest BCUT2D eigenvalue weighted by atomic mass is 9.44. The van der Waals surface area contributed by atoms with E-state index in [1.165, 1.54) is 33.8 Å². The van der Waals surface area contributed by atoms with E-state index in [4.69, 9.17) is 18.9 Å². The number of ether oxygens (including phenoxy) is 4. The molecule has 1 aromatic heterocycles. The molecular formula is C28H37NO7. The zero-order valence-electron chi connectivity index (χ0n) is 22.4. The van der Waals surface area contributed by atoms with Gasteiger partial charge in [0, 0.05) is 17.1 Å². The van der Waals surface area contributed by atoms with Gasteiger partial charge >= 0.3 is 17.9 Å². The summed E-state index contributed by atoms with van der Waals surface area (Å²) in [5.41, 5.74) is 0.523. The number of methoxy groups -OCH3 is 3. The van der Waals surface area contributed by atoms with Crippen molar-refractivity contribution in [3.63, 3.8) is 0 Å². The van der Waals surface area contributed by atoms with Crippen LogP contribution in [0.1, 0.15) is 92.8 Å². The van der Waals surface area contributed by atoms with Gasteiger partial charge in [-0.3, -0.25) is 0 Å². The van der Waals surface area contributed by atoms with Crippen LogP contribution >= 0.6 is 0 Å². The second-order valence-electron chi connectivity index (χ2n) is 11.5. The van der Waals surface area contributed by atoms with Gasteiger partial charge in [0.25, 0.3) is 0 Å². The van der Waals surface area contributed by atoms with Gasteiger partial charge in [-0.15, -0.1) is 0 Å². The molecule has 0 saturated heterocycles. The molecule has 0 bridgehead atoms. The molecule has 196 valence electrons. The summed E-state index contributed by atoms with van der Waals surface area (Å²) in [5.74, 6) is -1.28. The first-order valence-electron chi connectivity index (χ1n) is 12.6. The van der Waals surface area contributed by atoms with Crippen LogP contribution in [0.25, 0.3) is 5.57 Å². The highest BCUT2D eigenvalue weighted by Gasteiger charge is 2.61. The number of carbonyl (C=O) groups excluding carboxylic acids is 3. The van der Waals surface area contributed by atoms with Gasteiger partial charge in [0.1, 0.15) is 11.3 Å². The van der Waals surface area contributed by atoms with Crippen molar-refractivity contribution in [3.8, 4) is 0 Å². The van der Waals surface area contributed by atoms with Gasteiger partial charge in [-0.2, -0.15) is 0 Å². The first kappa shape index (κ1) is 26.2. The monoisotopic (exact) mass is 499 g/mol. The molecule has 0 spiro atoms. The molecule has 2 fully saturated rings. The number of hydrogen-bond acceptors (Lipinski definition) is 8. The molecule has 0 amide bonds. The first-order chi connectivity index (χ1) is 16.9. The number of carbonyl (C=O) groups is 3. The van der Waals surface area contributed by atoms with Crippen LogP contribution in [-0.4, -0.2) is 49.8 Å². The Morgan fingerprint density at radius 3 is 2.19 bits per heavy atom. The normalized spacial score (nSPS) is 30.9. The maximum atomic E-state index is 13.0. The molecule has 2 heterocycles. The minimum absolute atomic E-state index is 0.00748. The third-order valence-electron chi connectivity index (χ3n) is 9.12. The Bertz CT molecular complexity index is 1120. The topological polar surface area (TPSA) is 101 Å². The highest BCUT2D eigenvalue weighted by Crippen LogP contribution is 2.65. The Kier molecular flexibility index (Phi) is 6.69. The van der Waals surface area contributed by atoms with Gasteiger partial charge in [0.05, 0.1) is 21.3 Å². The number of aromatic nitrogens is 1. The highest BCUT2D eigenvalue weighted by atomic mass is 16.6. The standard InChI is InChI=1S/C28H37NO7/c1-26(2)12-8-13-27(3)19(26)11-14-28(4)20(27)15-17(22(36-28)25(32)35-7)16-9-10-18(23(30)33-5)29-21(16)24(31)34-6/h9-10,19-20H,8,11-15H2,1-7H3/t19-,20?,27-,28+/m0/s1. The lowest BCUT2D eigenvalue weighted by Gasteiger charge is -2.63. The summed E-state index contributed by atoms with van der Waals surface area (Å²) in [4.78, 5) is 42.2. The number of hydrogen-bond donors (Lipinski definition) is 0. The Labute approximate surface area is 212 Å². The van der Waals surface area contributed by atoms with E-state index in [0.717, 1.165) is 25.7 Å². The fraction of sp³-hybridized carbons (Fsp3) is 0.643. The predicted octanol–water partition coefficient (Wildman–Crippen LogP) is 4.96. The highest BCUT2D eigenvalue weighted by molar-refractivity contribution is 6.01. The van der Waals surface area contributed by atoms with Gasteiger partial charge in [0.2, 0.25) is 5.76 Å². The average molecular weight is 500 g/mol. The van der Waals surface area contributed by atoms with E-state index in [2.05, 4.69) is 32.7 Å². The molecule has 2 saturated carbocycles. The van der Waals surface area contributed by atoms with Crippen molar-refractivity contribution < 1.29 is 33.3 Å². The number of esters is 3. The molecule has 8 nitrogen and oxygen atoms in total. The van der Waals surface area contributed by atoms with E-state index in [9.17, 15) is 14.4 Å². The van der Waals surface area contributed by atoms with Crippen LogP contribution in [0, 0.1) is 22.7 Å². The lowest BCUT2D eigenvalue weighted by molar-refractivity contribution is -0.187. The number of pyridine rings is 1. The van der Waals surface area contributed by atoms with Crippen molar-refractivity contribution in [2.24, 2.45) is 22.7 Å². The fourth-order valence-electron chi connectivity index (χ4n) is 7.43. The lowest BCUT2D eigenvalue weighted by Crippen LogP contribution is -2.59. The Balaban J connectivity index is 1.90. The third kappa shape index (κ3) is 4.08. The second-order valence-corrected chi connectivity index (χ2v) is 11.5. The largest absolute Gasteiger partial charge is 0.480 e. The van der Waals surface area contributed by atoms with Crippen molar-refractivity contribution in [2.45, 2.75) is 71.8 Å². The number of rotatable bonds is 4. The van der Waals surface area contributed by atoms with E-state index in [0.29, 0.717) is 23.5 Å². The summed E-state index contributed by atoms with van der Waals surface area (Å²) >= 11 is 0. The van der Waals surface area contributed by atoms with Crippen LogP contribution < -0.4 is 0 Å². The van der Waals surface area contributed by atoms with Gasteiger partial charge in [-0.25, -0.2) is 19.4 Å². The van der Waals surface area contributed by atoms with Crippen LogP contribution in [0.3, 0.4) is 0 Å². The summed E-state index contributed by atoms with van der Waals surface area (Å²) in [5, 5.41) is 0. The van der Waals surface area contributed by atoms with Crippen molar-refractivity contribution >= 4 is 23.5 Å². The van der Waals surface area contributed by atoms with Crippen molar-refractivity contribution in [1.82, 2.24) is 4.98 Å². The average Bonchev–Trinajstić information content (AvgIpc) is 2.85. The van der Waals surface area contributed by atoms with Crippen molar-refractivity contribution in [3.05, 3.63) is 34.8 Å². The minimum atomic E-state index is -0.715. The molecule has 36 heavy (non-hydrogen) atoms. The Morgan fingerprint density at radius 1 is 0.889 bits per heavy atom. The molecule has 0 N–H and O–H groups in total. The summed E-state index contributed by atoms with van der Waals surface area (Å²) in [7, 11) is 3.81. The minimum Gasteiger partial charge on any atom is -0.480 e. The quantitative estimate of drug-likeness (QED) is 0.423. The Morgan fingerprint density at radius 2 is 1.56 bits per heavy atom. The van der Waals surface area contributed by atoms with E-state index in [-0.39, 0.29) is 33.9 Å². The zero-order chi connectivity index (χ0) is 26.5. The van der Waals surface area contributed by atoms with Crippen LogP contribution in [0.2, 0.25) is 0 Å². The molecule has 1 unspecified atom stereocenters. The van der Waals surface area contributed by atoms with Gasteiger partial charge in [0.15, 0.2) is 5.69 Å². The second kappa shape index (κ2) is 9.20.